The molecular weight excluding hydrogens is 256 g/mol. The maximum atomic E-state index is 11.7. The first-order chi connectivity index (χ1) is 9.65. The summed E-state index contributed by atoms with van der Waals surface area (Å²) in [5, 5.41) is 13.0. The van der Waals surface area contributed by atoms with Gasteiger partial charge in [0.1, 0.15) is 0 Å². The fraction of sp³-hybridized carbons (Fsp3) is 0.308. The SMILES string of the molecule is CC(N)c1cccc(NC(=O)NCCn2ccnn2)c1. The third-order valence-corrected chi connectivity index (χ3v) is 2.77. The summed E-state index contributed by atoms with van der Waals surface area (Å²) in [6.07, 6.45) is 3.34. The standard InChI is InChI=1S/C13H18N6O/c1-10(14)11-3-2-4-12(9-11)17-13(20)15-5-7-19-8-6-16-18-19/h2-4,6,8-10H,5,7,14H2,1H3,(H2,15,17,20). The Bertz CT molecular complexity index is 552. The molecule has 0 spiro atoms. The quantitative estimate of drug-likeness (QED) is 0.761. The van der Waals surface area contributed by atoms with Crippen LogP contribution >= 0.6 is 0 Å². The van der Waals surface area contributed by atoms with Gasteiger partial charge in [0.05, 0.1) is 12.7 Å². The number of carbonyl (C=O) groups is 1. The van der Waals surface area contributed by atoms with Gasteiger partial charge in [0.2, 0.25) is 0 Å². The van der Waals surface area contributed by atoms with Crippen molar-refractivity contribution in [3.8, 4) is 0 Å². The normalized spacial score (nSPS) is 11.9. The van der Waals surface area contributed by atoms with Crippen molar-refractivity contribution in [1.29, 1.82) is 0 Å². The number of nitrogens with one attached hydrogen (secondary N) is 2. The molecule has 2 rings (SSSR count). The molecule has 1 unspecified atom stereocenters. The molecule has 0 fully saturated rings. The summed E-state index contributed by atoms with van der Waals surface area (Å²) < 4.78 is 1.65. The Morgan fingerprint density at radius 2 is 2.35 bits per heavy atom. The number of hydrogen-bond acceptors (Lipinski definition) is 4. The minimum atomic E-state index is -0.257. The summed E-state index contributed by atoms with van der Waals surface area (Å²) in [6, 6.07) is 7.16. The lowest BCUT2D eigenvalue weighted by Gasteiger charge is -2.10. The Balaban J connectivity index is 1.80. The Hall–Kier alpha value is -2.41. The summed E-state index contributed by atoms with van der Waals surface area (Å²) in [5.41, 5.74) is 7.50. The van der Waals surface area contributed by atoms with Gasteiger partial charge in [-0.05, 0) is 24.6 Å². The Kier molecular flexibility index (Phi) is 4.67. The van der Waals surface area contributed by atoms with Crippen LogP contribution in [0.3, 0.4) is 0 Å². The zero-order valence-electron chi connectivity index (χ0n) is 11.3. The van der Waals surface area contributed by atoms with E-state index in [1.54, 1.807) is 17.1 Å². The third-order valence-electron chi connectivity index (χ3n) is 2.77. The number of carbonyl (C=O) groups excluding carboxylic acids is 1. The van der Waals surface area contributed by atoms with Crippen LogP contribution in [0.2, 0.25) is 0 Å². The Labute approximate surface area is 117 Å². The van der Waals surface area contributed by atoms with E-state index in [-0.39, 0.29) is 12.1 Å². The van der Waals surface area contributed by atoms with Crippen LogP contribution in [0.4, 0.5) is 10.5 Å². The number of nitrogens with zero attached hydrogens (tertiary/aromatic N) is 3. The molecule has 7 nitrogen and oxygen atoms in total. The fourth-order valence-electron chi connectivity index (χ4n) is 1.71. The molecule has 1 heterocycles. The highest BCUT2D eigenvalue weighted by Crippen LogP contribution is 2.15. The highest BCUT2D eigenvalue weighted by atomic mass is 16.2. The van der Waals surface area contributed by atoms with Crippen molar-refractivity contribution in [2.45, 2.75) is 19.5 Å². The molecule has 0 saturated heterocycles. The molecule has 20 heavy (non-hydrogen) atoms. The van der Waals surface area contributed by atoms with Gasteiger partial charge in [-0.25, -0.2) is 4.79 Å². The van der Waals surface area contributed by atoms with Crippen molar-refractivity contribution in [2.75, 3.05) is 11.9 Å². The first-order valence-corrected chi connectivity index (χ1v) is 6.39. The largest absolute Gasteiger partial charge is 0.336 e. The van der Waals surface area contributed by atoms with Crippen molar-refractivity contribution >= 4 is 11.7 Å². The summed E-state index contributed by atoms with van der Waals surface area (Å²) in [7, 11) is 0. The first-order valence-electron chi connectivity index (χ1n) is 6.39. The van der Waals surface area contributed by atoms with Crippen LogP contribution in [0.25, 0.3) is 0 Å². The van der Waals surface area contributed by atoms with Gasteiger partial charge >= 0.3 is 6.03 Å². The number of hydrogen-bond donors (Lipinski definition) is 3. The number of anilines is 1. The van der Waals surface area contributed by atoms with Gasteiger partial charge in [-0.3, -0.25) is 4.68 Å². The van der Waals surface area contributed by atoms with Crippen molar-refractivity contribution in [1.82, 2.24) is 20.3 Å². The number of aromatic nitrogens is 3. The summed E-state index contributed by atoms with van der Waals surface area (Å²) in [6.45, 7) is 2.95. The first kappa shape index (κ1) is 14.0. The second-order valence-electron chi connectivity index (χ2n) is 4.46. The van der Waals surface area contributed by atoms with E-state index in [1.165, 1.54) is 0 Å². The van der Waals surface area contributed by atoms with E-state index in [1.807, 2.05) is 31.2 Å². The third kappa shape index (κ3) is 4.06. The minimum absolute atomic E-state index is 0.0628. The van der Waals surface area contributed by atoms with E-state index in [0.717, 1.165) is 11.3 Å². The van der Waals surface area contributed by atoms with E-state index in [0.29, 0.717) is 13.1 Å². The minimum Gasteiger partial charge on any atom is -0.336 e. The van der Waals surface area contributed by atoms with Gasteiger partial charge in [0.25, 0.3) is 0 Å². The maximum Gasteiger partial charge on any atom is 0.319 e. The summed E-state index contributed by atoms with van der Waals surface area (Å²) >= 11 is 0. The smallest absolute Gasteiger partial charge is 0.319 e. The van der Waals surface area contributed by atoms with Crippen LogP contribution in [0.5, 0.6) is 0 Å². The molecule has 0 aliphatic rings. The lowest BCUT2D eigenvalue weighted by molar-refractivity contribution is 0.251. The summed E-state index contributed by atoms with van der Waals surface area (Å²) in [5.74, 6) is 0. The molecule has 0 aliphatic carbocycles. The average molecular weight is 274 g/mol. The van der Waals surface area contributed by atoms with Crippen molar-refractivity contribution in [3.05, 3.63) is 42.2 Å². The zero-order valence-corrected chi connectivity index (χ0v) is 11.3. The molecule has 106 valence electrons. The molecule has 7 heteroatoms. The van der Waals surface area contributed by atoms with Gasteiger partial charge in [-0.15, -0.1) is 5.10 Å². The molecule has 0 aliphatic heterocycles. The molecule has 1 atom stereocenters. The van der Waals surface area contributed by atoms with Crippen molar-refractivity contribution < 1.29 is 4.79 Å². The fourth-order valence-corrected chi connectivity index (χ4v) is 1.71. The molecule has 4 N–H and O–H groups in total. The summed E-state index contributed by atoms with van der Waals surface area (Å²) in [4.78, 5) is 11.7. The Morgan fingerprint density at radius 3 is 3.05 bits per heavy atom. The predicted molar refractivity (Wildman–Crippen MR) is 76.1 cm³/mol. The van der Waals surface area contributed by atoms with Crippen LogP contribution in [-0.4, -0.2) is 27.6 Å². The number of urea groups is 1. The lowest BCUT2D eigenvalue weighted by atomic mass is 10.1. The monoisotopic (exact) mass is 274 g/mol. The molecule has 1 aromatic carbocycles. The number of nitrogens with two attached hydrogens (primary N) is 1. The van der Waals surface area contributed by atoms with E-state index < -0.39 is 0 Å². The highest BCUT2D eigenvalue weighted by molar-refractivity contribution is 5.89. The second-order valence-corrected chi connectivity index (χ2v) is 4.46. The maximum absolute atomic E-state index is 11.7. The molecule has 0 saturated carbocycles. The van der Waals surface area contributed by atoms with Gasteiger partial charge in [-0.1, -0.05) is 17.3 Å². The molecule has 0 bridgehead atoms. The number of benzene rings is 1. The highest BCUT2D eigenvalue weighted by Gasteiger charge is 2.04. The van der Waals surface area contributed by atoms with Crippen LogP contribution in [0, 0.1) is 0 Å². The average Bonchev–Trinajstić information content (AvgIpc) is 2.92. The van der Waals surface area contributed by atoms with Crippen molar-refractivity contribution in [2.24, 2.45) is 5.73 Å². The number of amides is 2. The Morgan fingerprint density at radius 1 is 1.50 bits per heavy atom. The van der Waals surface area contributed by atoms with Gasteiger partial charge in [0.15, 0.2) is 0 Å². The van der Waals surface area contributed by atoms with Gasteiger partial charge in [0, 0.05) is 24.5 Å². The van der Waals surface area contributed by atoms with Crippen LogP contribution in [0.15, 0.2) is 36.7 Å². The molecular formula is C13H18N6O. The van der Waals surface area contributed by atoms with Crippen LogP contribution < -0.4 is 16.4 Å². The van der Waals surface area contributed by atoms with Crippen LogP contribution in [-0.2, 0) is 6.54 Å². The van der Waals surface area contributed by atoms with E-state index in [2.05, 4.69) is 20.9 Å². The topological polar surface area (TPSA) is 97.9 Å². The van der Waals surface area contributed by atoms with Gasteiger partial charge < -0.3 is 16.4 Å². The molecule has 1 aromatic heterocycles. The predicted octanol–water partition coefficient (Wildman–Crippen LogP) is 1.12. The van der Waals surface area contributed by atoms with Crippen LogP contribution in [0.1, 0.15) is 18.5 Å². The second kappa shape index (κ2) is 6.67. The van der Waals surface area contributed by atoms with E-state index >= 15 is 0 Å². The zero-order chi connectivity index (χ0) is 14.4. The van der Waals surface area contributed by atoms with Crippen molar-refractivity contribution in [3.63, 3.8) is 0 Å². The molecule has 0 radical (unpaired) electrons. The van der Waals surface area contributed by atoms with Gasteiger partial charge in [-0.2, -0.15) is 0 Å². The lowest BCUT2D eigenvalue weighted by Crippen LogP contribution is -2.31. The molecule has 2 amide bonds. The number of rotatable bonds is 5. The molecule has 2 aromatic rings. The van der Waals surface area contributed by atoms with E-state index in [4.69, 9.17) is 5.73 Å². The van der Waals surface area contributed by atoms with E-state index in [9.17, 15) is 4.79 Å².